The van der Waals surface area contributed by atoms with Crippen molar-refractivity contribution in [1.29, 1.82) is 0 Å². The van der Waals surface area contributed by atoms with E-state index in [0.717, 1.165) is 6.42 Å². The number of ether oxygens (including phenoxy) is 2. The minimum absolute atomic E-state index is 0. The lowest BCUT2D eigenvalue weighted by atomic mass is 10.1. The molecule has 1 amide bonds. The minimum Gasteiger partial charge on any atom is -0.493 e. The van der Waals surface area contributed by atoms with Gasteiger partial charge in [0.1, 0.15) is 0 Å². The fourth-order valence-electron chi connectivity index (χ4n) is 3.15. The number of methoxy groups -OCH3 is 2. The second-order valence-corrected chi connectivity index (χ2v) is 8.43. The molecule has 0 saturated carbocycles. The molecule has 1 aliphatic rings. The second kappa shape index (κ2) is 9.43. The molecule has 0 aromatic heterocycles. The van der Waals surface area contributed by atoms with Gasteiger partial charge in [-0.2, -0.15) is 0 Å². The van der Waals surface area contributed by atoms with Crippen molar-refractivity contribution in [3.8, 4) is 11.5 Å². The van der Waals surface area contributed by atoms with Gasteiger partial charge in [-0.15, -0.1) is 12.4 Å². The van der Waals surface area contributed by atoms with Crippen molar-refractivity contribution < 1.29 is 22.7 Å². The van der Waals surface area contributed by atoms with Gasteiger partial charge in [0, 0.05) is 25.1 Å². The van der Waals surface area contributed by atoms with Crippen LogP contribution >= 0.6 is 12.4 Å². The van der Waals surface area contributed by atoms with Gasteiger partial charge in [-0.1, -0.05) is 0 Å². The molecule has 1 heterocycles. The Labute approximate surface area is 161 Å². The zero-order chi connectivity index (χ0) is 18.6. The fourth-order valence-corrected chi connectivity index (χ4v) is 4.39. The van der Waals surface area contributed by atoms with Crippen LogP contribution in [0.3, 0.4) is 0 Å². The molecule has 148 valence electrons. The molecule has 2 rings (SSSR count). The van der Waals surface area contributed by atoms with E-state index in [0.29, 0.717) is 30.5 Å². The summed E-state index contributed by atoms with van der Waals surface area (Å²) in [5.41, 5.74) is 5.67. The van der Waals surface area contributed by atoms with Crippen LogP contribution < -0.4 is 15.2 Å². The molecule has 9 heteroatoms. The summed E-state index contributed by atoms with van der Waals surface area (Å²) in [7, 11) is -0.659. The molecule has 0 bridgehead atoms. The van der Waals surface area contributed by atoms with E-state index in [1.807, 2.05) is 6.92 Å². The quantitative estimate of drug-likeness (QED) is 0.736. The maximum Gasteiger partial charge on any atom is 0.223 e. The third-order valence-corrected chi connectivity index (χ3v) is 6.33. The summed E-state index contributed by atoms with van der Waals surface area (Å²) >= 11 is 0. The van der Waals surface area contributed by atoms with Gasteiger partial charge in [-0.05, 0) is 37.9 Å². The predicted molar refractivity (Wildman–Crippen MR) is 102 cm³/mol. The molecule has 0 radical (unpaired) electrons. The highest BCUT2D eigenvalue weighted by molar-refractivity contribution is 7.91. The highest BCUT2D eigenvalue weighted by atomic mass is 35.5. The average Bonchev–Trinajstić information content (AvgIpc) is 3.00. The number of nitrogens with zero attached hydrogens (tertiary/aromatic N) is 1. The Hall–Kier alpha value is -1.51. The Morgan fingerprint density at radius 1 is 1.27 bits per heavy atom. The Morgan fingerprint density at radius 2 is 1.92 bits per heavy atom. The number of carbonyl (C=O) groups excluding carboxylic acids is 1. The summed E-state index contributed by atoms with van der Waals surface area (Å²) in [4.78, 5) is 14.3. The number of hydrogen-bond acceptors (Lipinski definition) is 6. The smallest absolute Gasteiger partial charge is 0.223 e. The highest BCUT2D eigenvalue weighted by Crippen LogP contribution is 2.30. The van der Waals surface area contributed by atoms with Crippen LogP contribution in [0, 0.1) is 5.92 Å². The molecular weight excluding hydrogens is 380 g/mol. The van der Waals surface area contributed by atoms with E-state index < -0.39 is 9.84 Å². The lowest BCUT2D eigenvalue weighted by Gasteiger charge is -2.21. The van der Waals surface area contributed by atoms with Gasteiger partial charge >= 0.3 is 0 Å². The summed E-state index contributed by atoms with van der Waals surface area (Å²) in [5.74, 6) is 0.705. The lowest BCUT2D eigenvalue weighted by molar-refractivity contribution is -0.131. The molecule has 1 aromatic carbocycles. The van der Waals surface area contributed by atoms with Crippen molar-refractivity contribution in [2.75, 3.05) is 33.1 Å². The summed E-state index contributed by atoms with van der Waals surface area (Å²) in [6, 6.07) is 4.53. The summed E-state index contributed by atoms with van der Waals surface area (Å²) in [6.45, 7) is 3.11. The molecule has 2 unspecified atom stereocenters. The van der Waals surface area contributed by atoms with Crippen molar-refractivity contribution in [3.63, 3.8) is 0 Å². The van der Waals surface area contributed by atoms with Crippen LogP contribution in [0.1, 0.15) is 19.8 Å². The van der Waals surface area contributed by atoms with E-state index in [1.54, 1.807) is 11.0 Å². The van der Waals surface area contributed by atoms with E-state index in [1.165, 1.54) is 26.4 Å². The van der Waals surface area contributed by atoms with E-state index in [-0.39, 0.29) is 41.4 Å². The maximum absolute atomic E-state index is 12.5. The van der Waals surface area contributed by atoms with Crippen molar-refractivity contribution in [1.82, 2.24) is 4.90 Å². The largest absolute Gasteiger partial charge is 0.493 e. The first-order chi connectivity index (χ1) is 11.8. The van der Waals surface area contributed by atoms with Gasteiger partial charge < -0.3 is 20.1 Å². The standard InChI is InChI=1S/C17H26N2O5S.ClH/c1-12-8-13(10-18)11-19(12)17(20)6-7-25(21,22)14-4-5-15(23-2)16(9-14)24-3;/h4-5,9,12-13H,6-8,10-11,18H2,1-3H3;1H. The van der Waals surface area contributed by atoms with Crippen LogP contribution in [-0.4, -0.2) is 58.3 Å². The number of carbonyl (C=O) groups is 1. The number of rotatable bonds is 7. The molecule has 1 saturated heterocycles. The third kappa shape index (κ3) is 5.02. The zero-order valence-electron chi connectivity index (χ0n) is 15.3. The number of sulfone groups is 1. The van der Waals surface area contributed by atoms with E-state index in [2.05, 4.69) is 0 Å². The Balaban J connectivity index is 0.00000338. The van der Waals surface area contributed by atoms with Gasteiger partial charge in [0.25, 0.3) is 0 Å². The van der Waals surface area contributed by atoms with Crippen molar-refractivity contribution in [3.05, 3.63) is 18.2 Å². The SMILES string of the molecule is COc1ccc(S(=O)(=O)CCC(=O)N2CC(CN)CC2C)cc1OC.Cl. The normalized spacial score (nSPS) is 19.8. The maximum atomic E-state index is 12.5. The van der Waals surface area contributed by atoms with Gasteiger partial charge in [-0.3, -0.25) is 4.79 Å². The van der Waals surface area contributed by atoms with E-state index in [9.17, 15) is 13.2 Å². The second-order valence-electron chi connectivity index (χ2n) is 6.32. The van der Waals surface area contributed by atoms with Crippen molar-refractivity contribution >= 4 is 28.2 Å². The van der Waals surface area contributed by atoms with Crippen LogP contribution in [-0.2, 0) is 14.6 Å². The molecule has 0 aliphatic carbocycles. The van der Waals surface area contributed by atoms with Gasteiger partial charge in [0.15, 0.2) is 21.3 Å². The lowest BCUT2D eigenvalue weighted by Crippen LogP contribution is -2.35. The molecular formula is C17H27ClN2O5S. The monoisotopic (exact) mass is 406 g/mol. The first-order valence-electron chi connectivity index (χ1n) is 8.26. The number of likely N-dealkylation sites (tertiary alicyclic amines) is 1. The Kier molecular flexibility index (Phi) is 8.17. The molecule has 2 atom stereocenters. The van der Waals surface area contributed by atoms with Crippen LogP contribution in [0.2, 0.25) is 0 Å². The summed E-state index contributed by atoms with van der Waals surface area (Å²) < 4.78 is 35.3. The van der Waals surface area contributed by atoms with Gasteiger partial charge in [0.2, 0.25) is 5.91 Å². The molecule has 26 heavy (non-hydrogen) atoms. The molecule has 1 aliphatic heterocycles. The fraction of sp³-hybridized carbons (Fsp3) is 0.588. The Morgan fingerprint density at radius 3 is 2.46 bits per heavy atom. The first kappa shape index (κ1) is 22.5. The van der Waals surface area contributed by atoms with E-state index in [4.69, 9.17) is 15.2 Å². The number of hydrogen-bond donors (Lipinski definition) is 1. The first-order valence-corrected chi connectivity index (χ1v) is 9.92. The molecule has 7 nitrogen and oxygen atoms in total. The van der Waals surface area contributed by atoms with E-state index >= 15 is 0 Å². The number of amides is 1. The summed E-state index contributed by atoms with van der Waals surface area (Å²) in [6.07, 6.45) is 0.822. The molecule has 1 fully saturated rings. The van der Waals surface area contributed by atoms with Crippen LogP contribution in [0.15, 0.2) is 23.1 Å². The molecule has 0 spiro atoms. The number of halogens is 1. The minimum atomic E-state index is -3.59. The summed E-state index contributed by atoms with van der Waals surface area (Å²) in [5, 5.41) is 0. The predicted octanol–water partition coefficient (Wildman–Crippen LogP) is 1.49. The molecule has 2 N–H and O–H groups in total. The van der Waals surface area contributed by atoms with Gasteiger partial charge in [-0.25, -0.2) is 8.42 Å². The van der Waals surface area contributed by atoms with Gasteiger partial charge in [0.05, 0.1) is 24.9 Å². The molecule has 1 aromatic rings. The van der Waals surface area contributed by atoms with Crippen LogP contribution in [0.25, 0.3) is 0 Å². The zero-order valence-corrected chi connectivity index (χ0v) is 16.9. The number of benzene rings is 1. The number of nitrogens with two attached hydrogens (primary N) is 1. The van der Waals surface area contributed by atoms with Crippen molar-refractivity contribution in [2.45, 2.75) is 30.7 Å². The highest BCUT2D eigenvalue weighted by Gasteiger charge is 2.32. The van der Waals surface area contributed by atoms with Crippen molar-refractivity contribution in [2.24, 2.45) is 11.7 Å². The van der Waals surface area contributed by atoms with Crippen LogP contribution in [0.4, 0.5) is 0 Å². The van der Waals surface area contributed by atoms with Crippen LogP contribution in [0.5, 0.6) is 11.5 Å². The third-order valence-electron chi connectivity index (χ3n) is 4.61. The topological polar surface area (TPSA) is 98.9 Å². The average molecular weight is 407 g/mol. The Bertz CT molecular complexity index is 726.